The van der Waals surface area contributed by atoms with E-state index < -0.39 is 0 Å². The molecule has 3 aromatic rings. The molecule has 1 amide bonds. The summed E-state index contributed by atoms with van der Waals surface area (Å²) in [5, 5.41) is 12.3. The molecule has 1 N–H and O–H groups in total. The number of anilines is 1. The van der Waals surface area contributed by atoms with Crippen molar-refractivity contribution in [3.05, 3.63) is 60.8 Å². The average molecular weight is 279 g/mol. The van der Waals surface area contributed by atoms with E-state index in [0.29, 0.717) is 5.88 Å². The summed E-state index contributed by atoms with van der Waals surface area (Å²) in [6, 6.07) is 16.8. The zero-order valence-electron chi connectivity index (χ0n) is 11.2. The Morgan fingerprint density at radius 3 is 2.67 bits per heavy atom. The van der Waals surface area contributed by atoms with Gasteiger partial charge < -0.3 is 10.1 Å². The van der Waals surface area contributed by atoms with Gasteiger partial charge in [0.15, 0.2) is 6.61 Å². The zero-order chi connectivity index (χ0) is 14.5. The quantitative estimate of drug-likeness (QED) is 0.797. The van der Waals surface area contributed by atoms with E-state index in [1.54, 1.807) is 6.20 Å². The van der Waals surface area contributed by atoms with E-state index in [4.69, 9.17) is 4.74 Å². The summed E-state index contributed by atoms with van der Waals surface area (Å²) in [5.74, 6) is 0.118. The van der Waals surface area contributed by atoms with Gasteiger partial charge in [0.1, 0.15) is 0 Å². The molecular weight excluding hydrogens is 266 g/mol. The first-order valence-corrected chi connectivity index (χ1v) is 6.51. The van der Waals surface area contributed by atoms with Crippen molar-refractivity contribution in [1.82, 2.24) is 10.2 Å². The molecule has 0 saturated heterocycles. The standard InChI is InChI=1S/C16H13N3O2/c20-15(18-13-7-2-1-3-8-13)11-21-16-14-9-5-4-6-12(14)10-17-19-16/h1-10H,11H2,(H,18,20). The number of nitrogens with zero attached hydrogens (tertiary/aromatic N) is 2. The SMILES string of the molecule is O=C(COc1nncc2ccccc12)Nc1ccccc1. The molecule has 5 heteroatoms. The van der Waals surface area contributed by atoms with Crippen LogP contribution in [0.4, 0.5) is 5.69 Å². The fraction of sp³-hybridized carbons (Fsp3) is 0.0625. The summed E-state index contributed by atoms with van der Waals surface area (Å²) in [4.78, 5) is 11.8. The van der Waals surface area contributed by atoms with Gasteiger partial charge in [-0.3, -0.25) is 4.79 Å². The molecule has 3 rings (SSSR count). The summed E-state index contributed by atoms with van der Waals surface area (Å²) >= 11 is 0. The predicted molar refractivity (Wildman–Crippen MR) is 80.1 cm³/mol. The van der Waals surface area contributed by atoms with Crippen LogP contribution >= 0.6 is 0 Å². The van der Waals surface area contributed by atoms with E-state index in [1.165, 1.54) is 0 Å². The van der Waals surface area contributed by atoms with E-state index in [9.17, 15) is 4.79 Å². The molecule has 0 aliphatic rings. The molecular formula is C16H13N3O2. The Morgan fingerprint density at radius 2 is 1.81 bits per heavy atom. The summed E-state index contributed by atoms with van der Waals surface area (Å²) in [6.45, 7) is -0.114. The summed E-state index contributed by atoms with van der Waals surface area (Å²) in [7, 11) is 0. The molecule has 0 radical (unpaired) electrons. The number of carbonyl (C=O) groups excluding carboxylic acids is 1. The van der Waals surface area contributed by atoms with Gasteiger partial charge in [-0.2, -0.15) is 5.10 Å². The number of hydrogen-bond acceptors (Lipinski definition) is 4. The Kier molecular flexibility index (Phi) is 3.73. The van der Waals surface area contributed by atoms with Crippen LogP contribution in [-0.4, -0.2) is 22.7 Å². The number of hydrogen-bond donors (Lipinski definition) is 1. The number of nitrogens with one attached hydrogen (secondary N) is 1. The van der Waals surface area contributed by atoms with Gasteiger partial charge in [-0.05, 0) is 18.2 Å². The van der Waals surface area contributed by atoms with Crippen molar-refractivity contribution in [3.8, 4) is 5.88 Å². The van der Waals surface area contributed by atoms with Crippen LogP contribution < -0.4 is 10.1 Å². The van der Waals surface area contributed by atoms with Crippen molar-refractivity contribution in [2.45, 2.75) is 0 Å². The van der Waals surface area contributed by atoms with E-state index in [2.05, 4.69) is 15.5 Å². The van der Waals surface area contributed by atoms with Crippen LogP contribution in [0.1, 0.15) is 0 Å². The van der Waals surface area contributed by atoms with Gasteiger partial charge in [0.05, 0.1) is 6.20 Å². The third-order valence-electron chi connectivity index (χ3n) is 2.93. The van der Waals surface area contributed by atoms with Gasteiger partial charge in [0.2, 0.25) is 5.88 Å². The molecule has 21 heavy (non-hydrogen) atoms. The Balaban J connectivity index is 1.68. The fourth-order valence-corrected chi connectivity index (χ4v) is 1.96. The van der Waals surface area contributed by atoms with Gasteiger partial charge >= 0.3 is 0 Å². The van der Waals surface area contributed by atoms with Crippen molar-refractivity contribution < 1.29 is 9.53 Å². The second-order valence-corrected chi connectivity index (χ2v) is 4.44. The van der Waals surface area contributed by atoms with Crippen molar-refractivity contribution in [2.24, 2.45) is 0 Å². The van der Waals surface area contributed by atoms with Gasteiger partial charge in [0, 0.05) is 16.5 Å². The number of benzene rings is 2. The highest BCUT2D eigenvalue weighted by Gasteiger charge is 2.07. The van der Waals surface area contributed by atoms with Gasteiger partial charge in [-0.25, -0.2) is 0 Å². The predicted octanol–water partition coefficient (Wildman–Crippen LogP) is 2.65. The Hall–Kier alpha value is -2.95. The lowest BCUT2D eigenvalue weighted by molar-refractivity contribution is -0.118. The minimum absolute atomic E-state index is 0.114. The van der Waals surface area contributed by atoms with Crippen LogP contribution in [-0.2, 0) is 4.79 Å². The van der Waals surface area contributed by atoms with Gasteiger partial charge in [-0.15, -0.1) is 5.10 Å². The lowest BCUT2D eigenvalue weighted by atomic mass is 10.2. The molecule has 0 saturated carbocycles. The molecule has 104 valence electrons. The molecule has 2 aromatic carbocycles. The van der Waals surface area contributed by atoms with Crippen molar-refractivity contribution in [2.75, 3.05) is 11.9 Å². The maximum absolute atomic E-state index is 11.8. The Labute approximate surface area is 121 Å². The third kappa shape index (κ3) is 3.14. The van der Waals surface area contributed by atoms with Crippen LogP contribution in [0.25, 0.3) is 10.8 Å². The van der Waals surface area contributed by atoms with E-state index >= 15 is 0 Å². The summed E-state index contributed by atoms with van der Waals surface area (Å²) in [6.07, 6.45) is 1.66. The molecule has 0 atom stereocenters. The zero-order valence-corrected chi connectivity index (χ0v) is 11.2. The number of amides is 1. The van der Waals surface area contributed by atoms with Crippen molar-refractivity contribution in [3.63, 3.8) is 0 Å². The highest BCUT2D eigenvalue weighted by molar-refractivity contribution is 5.92. The monoisotopic (exact) mass is 279 g/mol. The lowest BCUT2D eigenvalue weighted by Gasteiger charge is -2.08. The first-order valence-electron chi connectivity index (χ1n) is 6.51. The van der Waals surface area contributed by atoms with E-state index in [-0.39, 0.29) is 12.5 Å². The molecule has 0 aliphatic carbocycles. The molecule has 0 bridgehead atoms. The smallest absolute Gasteiger partial charge is 0.262 e. The van der Waals surface area contributed by atoms with Crippen LogP contribution in [0, 0.1) is 0 Å². The largest absolute Gasteiger partial charge is 0.466 e. The molecule has 0 unspecified atom stereocenters. The summed E-state index contributed by atoms with van der Waals surface area (Å²) in [5.41, 5.74) is 0.732. The lowest BCUT2D eigenvalue weighted by Crippen LogP contribution is -2.20. The van der Waals surface area contributed by atoms with E-state index in [0.717, 1.165) is 16.5 Å². The second-order valence-electron chi connectivity index (χ2n) is 4.44. The molecule has 0 spiro atoms. The number of fused-ring (bicyclic) bond motifs is 1. The number of para-hydroxylation sites is 1. The Morgan fingerprint density at radius 1 is 1.05 bits per heavy atom. The minimum atomic E-state index is -0.240. The average Bonchev–Trinajstić information content (AvgIpc) is 2.54. The molecule has 0 fully saturated rings. The molecule has 5 nitrogen and oxygen atoms in total. The van der Waals surface area contributed by atoms with Gasteiger partial charge in [0.25, 0.3) is 5.91 Å². The van der Waals surface area contributed by atoms with Crippen LogP contribution in [0.3, 0.4) is 0 Å². The normalized spacial score (nSPS) is 10.3. The molecule has 0 aliphatic heterocycles. The van der Waals surface area contributed by atoms with Crippen molar-refractivity contribution in [1.29, 1.82) is 0 Å². The third-order valence-corrected chi connectivity index (χ3v) is 2.93. The topological polar surface area (TPSA) is 64.1 Å². The highest BCUT2D eigenvalue weighted by Crippen LogP contribution is 2.21. The van der Waals surface area contributed by atoms with Crippen LogP contribution in [0.15, 0.2) is 60.8 Å². The first-order chi connectivity index (χ1) is 10.3. The van der Waals surface area contributed by atoms with E-state index in [1.807, 2.05) is 54.6 Å². The number of aromatic nitrogens is 2. The maximum Gasteiger partial charge on any atom is 0.262 e. The number of carbonyl (C=O) groups is 1. The van der Waals surface area contributed by atoms with Crippen molar-refractivity contribution >= 4 is 22.4 Å². The number of rotatable bonds is 4. The molecule has 1 heterocycles. The fourth-order valence-electron chi connectivity index (χ4n) is 1.96. The highest BCUT2D eigenvalue weighted by atomic mass is 16.5. The number of ether oxygens (including phenoxy) is 1. The first kappa shape index (κ1) is 13.1. The molecule has 1 aromatic heterocycles. The van der Waals surface area contributed by atoms with Gasteiger partial charge in [-0.1, -0.05) is 36.4 Å². The van der Waals surface area contributed by atoms with Crippen LogP contribution in [0.5, 0.6) is 5.88 Å². The maximum atomic E-state index is 11.8. The summed E-state index contributed by atoms with van der Waals surface area (Å²) < 4.78 is 5.47. The Bertz CT molecular complexity index is 754. The minimum Gasteiger partial charge on any atom is -0.466 e. The van der Waals surface area contributed by atoms with Crippen LogP contribution in [0.2, 0.25) is 0 Å². The second kappa shape index (κ2) is 6.00.